The number of hydrogen-bond donors (Lipinski definition) is 1. The van der Waals surface area contributed by atoms with Crippen molar-refractivity contribution in [1.29, 1.82) is 0 Å². The summed E-state index contributed by atoms with van der Waals surface area (Å²) in [5, 5.41) is 10.3. The quantitative estimate of drug-likeness (QED) is 0.862. The molecule has 4 heteroatoms. The van der Waals surface area contributed by atoms with Crippen molar-refractivity contribution >= 4 is 0 Å². The maximum atomic E-state index is 13.0. The summed E-state index contributed by atoms with van der Waals surface area (Å²) in [6.45, 7) is 0. The smallest absolute Gasteiger partial charge is 0.388 e. The first-order valence-corrected chi connectivity index (χ1v) is 7.29. The van der Waals surface area contributed by atoms with E-state index in [2.05, 4.69) is 0 Å². The Bertz CT molecular complexity index is 483. The molecule has 1 aromatic carbocycles. The van der Waals surface area contributed by atoms with E-state index >= 15 is 0 Å². The van der Waals surface area contributed by atoms with E-state index in [1.165, 1.54) is 31.4 Å². The van der Waals surface area contributed by atoms with Gasteiger partial charge in [-0.3, -0.25) is 0 Å². The summed E-state index contributed by atoms with van der Waals surface area (Å²) in [5.41, 5.74) is -0.668. The minimum atomic E-state index is -4.40. The van der Waals surface area contributed by atoms with Crippen LogP contribution in [0.3, 0.4) is 0 Å². The number of alkyl halides is 3. The third-order valence-corrected chi connectivity index (χ3v) is 5.04. The minimum absolute atomic E-state index is 0.0303. The van der Waals surface area contributed by atoms with Gasteiger partial charge in [-0.1, -0.05) is 24.6 Å². The van der Waals surface area contributed by atoms with Gasteiger partial charge in [-0.05, 0) is 55.1 Å². The number of rotatable bonds is 3. The minimum Gasteiger partial charge on any atom is -0.388 e. The summed E-state index contributed by atoms with van der Waals surface area (Å²) in [6.07, 6.45) is -0.203. The number of benzene rings is 1. The molecule has 110 valence electrons. The lowest BCUT2D eigenvalue weighted by Gasteiger charge is -2.25. The summed E-state index contributed by atoms with van der Waals surface area (Å²) in [4.78, 5) is 0. The Balaban J connectivity index is 1.76. The van der Waals surface area contributed by atoms with Crippen molar-refractivity contribution in [3.05, 3.63) is 35.4 Å². The fourth-order valence-corrected chi connectivity index (χ4v) is 4.12. The van der Waals surface area contributed by atoms with Gasteiger partial charge in [0.05, 0.1) is 11.7 Å². The van der Waals surface area contributed by atoms with Crippen LogP contribution in [-0.2, 0) is 6.18 Å². The molecule has 4 atom stereocenters. The molecular weight excluding hydrogens is 265 g/mol. The van der Waals surface area contributed by atoms with Crippen molar-refractivity contribution < 1.29 is 18.3 Å². The lowest BCUT2D eigenvalue weighted by Crippen LogP contribution is -2.17. The topological polar surface area (TPSA) is 20.2 Å². The van der Waals surface area contributed by atoms with Crippen LogP contribution in [0.1, 0.15) is 49.3 Å². The van der Waals surface area contributed by atoms with Crippen LogP contribution in [0.2, 0.25) is 0 Å². The lowest BCUT2D eigenvalue weighted by atomic mass is 9.83. The van der Waals surface area contributed by atoms with Crippen LogP contribution >= 0.6 is 0 Å². The van der Waals surface area contributed by atoms with E-state index in [1.807, 2.05) is 0 Å². The van der Waals surface area contributed by atoms with Gasteiger partial charge in [-0.15, -0.1) is 0 Å². The lowest BCUT2D eigenvalue weighted by molar-refractivity contribution is -0.139. The molecule has 0 aromatic heterocycles. The molecular formula is C16H19F3O. The van der Waals surface area contributed by atoms with Crippen LogP contribution in [0.15, 0.2) is 24.3 Å². The van der Waals surface area contributed by atoms with Crippen LogP contribution in [0.25, 0.3) is 0 Å². The van der Waals surface area contributed by atoms with E-state index in [-0.39, 0.29) is 5.56 Å². The van der Waals surface area contributed by atoms with Gasteiger partial charge in [0.1, 0.15) is 0 Å². The number of aliphatic hydroxyl groups excluding tert-OH is 1. The third kappa shape index (κ3) is 2.58. The average Bonchev–Trinajstić information content (AvgIpc) is 3.00. The second-order valence-corrected chi connectivity index (χ2v) is 6.27. The maximum absolute atomic E-state index is 13.0. The SMILES string of the molecule is OC(CC1CC2CCC1C2)c1ccccc1C(F)(F)F. The molecule has 2 aliphatic rings. The van der Waals surface area contributed by atoms with E-state index in [1.54, 1.807) is 6.07 Å². The van der Waals surface area contributed by atoms with E-state index in [0.29, 0.717) is 18.3 Å². The zero-order valence-corrected chi connectivity index (χ0v) is 11.2. The number of hydrogen-bond acceptors (Lipinski definition) is 1. The number of fused-ring (bicyclic) bond motifs is 2. The van der Waals surface area contributed by atoms with Crippen LogP contribution in [0.5, 0.6) is 0 Å². The van der Waals surface area contributed by atoms with Crippen molar-refractivity contribution in [2.24, 2.45) is 17.8 Å². The fourth-order valence-electron chi connectivity index (χ4n) is 4.12. The molecule has 0 amide bonds. The Labute approximate surface area is 116 Å². The molecule has 1 nitrogen and oxygen atoms in total. The zero-order chi connectivity index (χ0) is 14.3. The molecule has 0 radical (unpaired) electrons. The highest BCUT2D eigenvalue weighted by atomic mass is 19.4. The monoisotopic (exact) mass is 284 g/mol. The maximum Gasteiger partial charge on any atom is 0.416 e. The summed E-state index contributed by atoms with van der Waals surface area (Å²) in [7, 11) is 0. The molecule has 1 aromatic rings. The Kier molecular flexibility index (Phi) is 3.53. The summed E-state index contributed by atoms with van der Waals surface area (Å²) >= 11 is 0. The summed E-state index contributed by atoms with van der Waals surface area (Å²) < 4.78 is 38.9. The number of halogens is 3. The highest BCUT2D eigenvalue weighted by Gasteiger charge is 2.41. The second-order valence-electron chi connectivity index (χ2n) is 6.27. The first-order chi connectivity index (χ1) is 9.45. The van der Waals surface area contributed by atoms with Gasteiger partial charge in [0.2, 0.25) is 0 Å². The van der Waals surface area contributed by atoms with Crippen molar-refractivity contribution in [3.63, 3.8) is 0 Å². The highest BCUT2D eigenvalue weighted by molar-refractivity contribution is 5.31. The van der Waals surface area contributed by atoms with Gasteiger partial charge < -0.3 is 5.11 Å². The van der Waals surface area contributed by atoms with Gasteiger partial charge >= 0.3 is 6.18 Å². The van der Waals surface area contributed by atoms with Gasteiger partial charge in [-0.2, -0.15) is 13.2 Å². The molecule has 0 heterocycles. The van der Waals surface area contributed by atoms with Gasteiger partial charge in [0.15, 0.2) is 0 Å². The van der Waals surface area contributed by atoms with Crippen LogP contribution in [0.4, 0.5) is 13.2 Å². The van der Waals surface area contributed by atoms with Crippen LogP contribution in [0, 0.1) is 17.8 Å². The Morgan fingerprint density at radius 1 is 1.15 bits per heavy atom. The van der Waals surface area contributed by atoms with Crippen molar-refractivity contribution in [1.82, 2.24) is 0 Å². The largest absolute Gasteiger partial charge is 0.416 e. The number of aliphatic hydroxyl groups is 1. The average molecular weight is 284 g/mol. The van der Waals surface area contributed by atoms with Crippen LogP contribution < -0.4 is 0 Å². The summed E-state index contributed by atoms with van der Waals surface area (Å²) in [6, 6.07) is 5.39. The van der Waals surface area contributed by atoms with E-state index in [9.17, 15) is 18.3 Å². The standard InChI is InChI=1S/C16H19F3O/c17-16(18,19)14-4-2-1-3-13(14)15(20)9-12-8-10-5-6-11(12)7-10/h1-4,10-12,15,20H,5-9H2. The Hall–Kier alpha value is -1.03. The second kappa shape index (κ2) is 5.06. The molecule has 4 unspecified atom stereocenters. The molecule has 3 rings (SSSR count). The molecule has 2 aliphatic carbocycles. The fraction of sp³-hybridized carbons (Fsp3) is 0.625. The van der Waals surface area contributed by atoms with Crippen molar-refractivity contribution in [2.75, 3.05) is 0 Å². The molecule has 0 aliphatic heterocycles. The normalized spacial score (nSPS) is 30.7. The first-order valence-electron chi connectivity index (χ1n) is 7.29. The van der Waals surface area contributed by atoms with Gasteiger partial charge in [0.25, 0.3) is 0 Å². The highest BCUT2D eigenvalue weighted by Crippen LogP contribution is 2.51. The van der Waals surface area contributed by atoms with Crippen molar-refractivity contribution in [2.45, 2.75) is 44.4 Å². The van der Waals surface area contributed by atoms with Crippen LogP contribution in [-0.4, -0.2) is 5.11 Å². The van der Waals surface area contributed by atoms with E-state index < -0.39 is 17.8 Å². The molecule has 2 saturated carbocycles. The molecule has 2 fully saturated rings. The zero-order valence-electron chi connectivity index (χ0n) is 11.2. The first kappa shape index (κ1) is 13.9. The molecule has 0 spiro atoms. The van der Waals surface area contributed by atoms with E-state index in [4.69, 9.17) is 0 Å². The molecule has 20 heavy (non-hydrogen) atoms. The molecule has 0 saturated heterocycles. The summed E-state index contributed by atoms with van der Waals surface area (Å²) in [5.74, 6) is 1.76. The predicted octanol–water partition coefficient (Wildman–Crippen LogP) is 4.57. The third-order valence-electron chi connectivity index (χ3n) is 5.04. The van der Waals surface area contributed by atoms with E-state index in [0.717, 1.165) is 18.4 Å². The van der Waals surface area contributed by atoms with Crippen molar-refractivity contribution in [3.8, 4) is 0 Å². The molecule has 2 bridgehead atoms. The Morgan fingerprint density at radius 3 is 2.50 bits per heavy atom. The Morgan fingerprint density at radius 2 is 1.90 bits per heavy atom. The molecule has 1 N–H and O–H groups in total. The van der Waals surface area contributed by atoms with Gasteiger partial charge in [0, 0.05) is 0 Å². The van der Waals surface area contributed by atoms with Gasteiger partial charge in [-0.25, -0.2) is 0 Å². The predicted molar refractivity (Wildman–Crippen MR) is 70.0 cm³/mol.